The fourth-order valence-electron chi connectivity index (χ4n) is 1.32. The SMILES string of the molecule is COc1ccccc1C(=O)N(C)CCN. The van der Waals surface area contributed by atoms with Crippen molar-refractivity contribution in [1.29, 1.82) is 0 Å². The molecule has 0 aliphatic carbocycles. The van der Waals surface area contributed by atoms with Crippen LogP contribution in [0, 0.1) is 0 Å². The van der Waals surface area contributed by atoms with Crippen LogP contribution in [0.5, 0.6) is 5.75 Å². The molecule has 4 heteroatoms. The summed E-state index contributed by atoms with van der Waals surface area (Å²) in [6.07, 6.45) is 0. The van der Waals surface area contributed by atoms with Gasteiger partial charge in [0, 0.05) is 20.1 Å². The highest BCUT2D eigenvalue weighted by atomic mass is 16.5. The minimum absolute atomic E-state index is 0.0714. The average Bonchev–Trinajstić information content (AvgIpc) is 2.28. The van der Waals surface area contributed by atoms with Crippen LogP contribution in [-0.2, 0) is 0 Å². The van der Waals surface area contributed by atoms with Gasteiger partial charge in [-0.05, 0) is 12.1 Å². The number of amides is 1. The lowest BCUT2D eigenvalue weighted by molar-refractivity contribution is 0.0795. The zero-order valence-electron chi connectivity index (χ0n) is 9.06. The van der Waals surface area contributed by atoms with Crippen molar-refractivity contribution in [1.82, 2.24) is 4.90 Å². The highest BCUT2D eigenvalue weighted by Gasteiger charge is 2.14. The molecule has 0 radical (unpaired) electrons. The quantitative estimate of drug-likeness (QED) is 0.793. The average molecular weight is 208 g/mol. The third kappa shape index (κ3) is 2.70. The number of ether oxygens (including phenoxy) is 1. The molecule has 1 rings (SSSR count). The smallest absolute Gasteiger partial charge is 0.257 e. The molecule has 82 valence electrons. The second kappa shape index (κ2) is 5.36. The molecular weight excluding hydrogens is 192 g/mol. The Hall–Kier alpha value is -1.55. The fourth-order valence-corrected chi connectivity index (χ4v) is 1.32. The topological polar surface area (TPSA) is 55.6 Å². The number of carbonyl (C=O) groups excluding carboxylic acids is 1. The van der Waals surface area contributed by atoms with Gasteiger partial charge in [0.2, 0.25) is 0 Å². The molecule has 1 amide bonds. The van der Waals surface area contributed by atoms with Gasteiger partial charge >= 0.3 is 0 Å². The van der Waals surface area contributed by atoms with Gasteiger partial charge in [-0.2, -0.15) is 0 Å². The lowest BCUT2D eigenvalue weighted by atomic mass is 10.2. The molecule has 4 nitrogen and oxygen atoms in total. The summed E-state index contributed by atoms with van der Waals surface area (Å²) >= 11 is 0. The van der Waals surface area contributed by atoms with Crippen LogP contribution in [0.3, 0.4) is 0 Å². The highest BCUT2D eigenvalue weighted by molar-refractivity contribution is 5.96. The molecule has 2 N–H and O–H groups in total. The van der Waals surface area contributed by atoms with Crippen molar-refractivity contribution in [2.75, 3.05) is 27.2 Å². The molecule has 0 spiro atoms. The van der Waals surface area contributed by atoms with Crippen molar-refractivity contribution in [3.63, 3.8) is 0 Å². The summed E-state index contributed by atoms with van der Waals surface area (Å²) in [6, 6.07) is 7.16. The lowest BCUT2D eigenvalue weighted by Gasteiger charge is -2.17. The molecule has 0 aromatic heterocycles. The second-order valence-corrected chi connectivity index (χ2v) is 3.22. The summed E-state index contributed by atoms with van der Waals surface area (Å²) in [5.41, 5.74) is 5.96. The van der Waals surface area contributed by atoms with Gasteiger partial charge in [-0.3, -0.25) is 4.79 Å². The Morgan fingerprint density at radius 1 is 1.47 bits per heavy atom. The summed E-state index contributed by atoms with van der Waals surface area (Å²) in [4.78, 5) is 13.5. The number of carbonyl (C=O) groups is 1. The van der Waals surface area contributed by atoms with E-state index in [9.17, 15) is 4.79 Å². The Bertz CT molecular complexity index is 339. The van der Waals surface area contributed by atoms with Gasteiger partial charge in [-0.1, -0.05) is 12.1 Å². The maximum atomic E-state index is 11.9. The summed E-state index contributed by atoms with van der Waals surface area (Å²) in [5, 5.41) is 0. The van der Waals surface area contributed by atoms with E-state index in [1.165, 1.54) is 0 Å². The van der Waals surface area contributed by atoms with Crippen molar-refractivity contribution in [3.05, 3.63) is 29.8 Å². The number of likely N-dealkylation sites (N-methyl/N-ethyl adjacent to an activating group) is 1. The summed E-state index contributed by atoms with van der Waals surface area (Å²) in [7, 11) is 3.27. The predicted octanol–water partition coefficient (Wildman–Crippen LogP) is 0.726. The number of para-hydroxylation sites is 1. The first-order chi connectivity index (χ1) is 7.20. The summed E-state index contributed by atoms with van der Waals surface area (Å²) < 4.78 is 5.12. The molecule has 0 bridgehead atoms. The van der Waals surface area contributed by atoms with Crippen LogP contribution in [0.25, 0.3) is 0 Å². The number of methoxy groups -OCH3 is 1. The fraction of sp³-hybridized carbons (Fsp3) is 0.364. The standard InChI is InChI=1S/C11H16N2O2/c1-13(8-7-12)11(14)9-5-3-4-6-10(9)15-2/h3-6H,7-8,12H2,1-2H3. The number of rotatable bonds is 4. The number of hydrogen-bond donors (Lipinski definition) is 1. The number of nitrogens with zero attached hydrogens (tertiary/aromatic N) is 1. The molecule has 0 saturated carbocycles. The van der Waals surface area contributed by atoms with Gasteiger partial charge in [0.05, 0.1) is 12.7 Å². The Labute approximate surface area is 89.6 Å². The van der Waals surface area contributed by atoms with Gasteiger partial charge in [0.15, 0.2) is 0 Å². The van der Waals surface area contributed by atoms with Crippen molar-refractivity contribution in [2.45, 2.75) is 0 Å². The first-order valence-corrected chi connectivity index (χ1v) is 4.79. The van der Waals surface area contributed by atoms with Gasteiger partial charge in [0.1, 0.15) is 5.75 Å². The second-order valence-electron chi connectivity index (χ2n) is 3.22. The minimum atomic E-state index is -0.0714. The Balaban J connectivity index is 2.90. The van der Waals surface area contributed by atoms with Crippen LogP contribution in [0.15, 0.2) is 24.3 Å². The number of hydrogen-bond acceptors (Lipinski definition) is 3. The number of benzene rings is 1. The maximum absolute atomic E-state index is 11.9. The monoisotopic (exact) mass is 208 g/mol. The van der Waals surface area contributed by atoms with Crippen LogP contribution in [0.2, 0.25) is 0 Å². The lowest BCUT2D eigenvalue weighted by Crippen LogP contribution is -2.31. The predicted molar refractivity (Wildman–Crippen MR) is 59.0 cm³/mol. The first-order valence-electron chi connectivity index (χ1n) is 4.79. The van der Waals surface area contributed by atoms with Crippen molar-refractivity contribution in [3.8, 4) is 5.75 Å². The van der Waals surface area contributed by atoms with E-state index in [2.05, 4.69) is 0 Å². The third-order valence-electron chi connectivity index (χ3n) is 2.15. The Morgan fingerprint density at radius 2 is 2.13 bits per heavy atom. The van der Waals surface area contributed by atoms with E-state index in [1.54, 1.807) is 31.2 Å². The van der Waals surface area contributed by atoms with E-state index in [-0.39, 0.29) is 5.91 Å². The van der Waals surface area contributed by atoms with Crippen LogP contribution in [-0.4, -0.2) is 38.1 Å². The van der Waals surface area contributed by atoms with E-state index in [0.29, 0.717) is 24.4 Å². The zero-order valence-corrected chi connectivity index (χ0v) is 9.06. The molecule has 0 aliphatic rings. The molecule has 0 unspecified atom stereocenters. The van der Waals surface area contributed by atoms with Crippen LogP contribution >= 0.6 is 0 Å². The Kier molecular flexibility index (Phi) is 4.12. The van der Waals surface area contributed by atoms with Crippen LogP contribution < -0.4 is 10.5 Å². The molecular formula is C11H16N2O2. The Morgan fingerprint density at radius 3 is 2.73 bits per heavy atom. The van der Waals surface area contributed by atoms with Crippen molar-refractivity contribution >= 4 is 5.91 Å². The normalized spacial score (nSPS) is 9.80. The molecule has 0 heterocycles. The maximum Gasteiger partial charge on any atom is 0.257 e. The van der Waals surface area contributed by atoms with E-state index in [0.717, 1.165) is 0 Å². The van der Waals surface area contributed by atoms with Gasteiger partial charge in [-0.25, -0.2) is 0 Å². The highest BCUT2D eigenvalue weighted by Crippen LogP contribution is 2.18. The van der Waals surface area contributed by atoms with Gasteiger partial charge in [-0.15, -0.1) is 0 Å². The zero-order chi connectivity index (χ0) is 11.3. The molecule has 1 aromatic carbocycles. The number of nitrogens with two attached hydrogens (primary N) is 1. The van der Waals surface area contributed by atoms with Gasteiger partial charge < -0.3 is 15.4 Å². The van der Waals surface area contributed by atoms with Crippen molar-refractivity contribution < 1.29 is 9.53 Å². The van der Waals surface area contributed by atoms with E-state index in [1.807, 2.05) is 12.1 Å². The van der Waals surface area contributed by atoms with E-state index < -0.39 is 0 Å². The molecule has 1 aromatic rings. The van der Waals surface area contributed by atoms with Crippen LogP contribution in [0.4, 0.5) is 0 Å². The van der Waals surface area contributed by atoms with Gasteiger partial charge in [0.25, 0.3) is 5.91 Å². The molecule has 0 saturated heterocycles. The summed E-state index contributed by atoms with van der Waals surface area (Å²) in [5.74, 6) is 0.518. The molecule has 0 fully saturated rings. The van der Waals surface area contributed by atoms with Crippen molar-refractivity contribution in [2.24, 2.45) is 5.73 Å². The largest absolute Gasteiger partial charge is 0.496 e. The van der Waals surface area contributed by atoms with E-state index >= 15 is 0 Å². The summed E-state index contributed by atoms with van der Waals surface area (Å²) in [6.45, 7) is 0.994. The first kappa shape index (κ1) is 11.5. The molecule has 0 atom stereocenters. The molecule has 15 heavy (non-hydrogen) atoms. The molecule has 0 aliphatic heterocycles. The van der Waals surface area contributed by atoms with E-state index in [4.69, 9.17) is 10.5 Å². The minimum Gasteiger partial charge on any atom is -0.496 e. The third-order valence-corrected chi connectivity index (χ3v) is 2.15. The van der Waals surface area contributed by atoms with Crippen LogP contribution in [0.1, 0.15) is 10.4 Å².